The first kappa shape index (κ1) is 6.78. The van der Waals surface area contributed by atoms with Gasteiger partial charge in [0.2, 0.25) is 0 Å². The van der Waals surface area contributed by atoms with Crippen molar-refractivity contribution in [3.63, 3.8) is 0 Å². The van der Waals surface area contributed by atoms with Crippen LogP contribution in [0.1, 0.15) is 0 Å². The van der Waals surface area contributed by atoms with Crippen LogP contribution in [0.5, 0.6) is 0 Å². The van der Waals surface area contributed by atoms with Crippen molar-refractivity contribution in [3.05, 3.63) is 24.9 Å². The van der Waals surface area contributed by atoms with Gasteiger partial charge in [0.1, 0.15) is 6.33 Å². The predicted molar refractivity (Wildman–Crippen MR) is 41.0 cm³/mol. The van der Waals surface area contributed by atoms with Crippen molar-refractivity contribution in [3.8, 4) is 0 Å². The fraction of sp³-hybridized carbons (Fsp3) is 0. The van der Waals surface area contributed by atoms with Gasteiger partial charge in [0, 0.05) is 24.0 Å². The summed E-state index contributed by atoms with van der Waals surface area (Å²) in [5.74, 6) is 0. The maximum atomic E-state index is 10.5. The van der Waals surface area contributed by atoms with Crippen molar-refractivity contribution in [2.45, 2.75) is 0 Å². The van der Waals surface area contributed by atoms with Gasteiger partial charge in [0.15, 0.2) is 0 Å². The average molecular weight is 163 g/mol. The van der Waals surface area contributed by atoms with Crippen LogP contribution in [0.4, 0.5) is 4.79 Å². The summed E-state index contributed by atoms with van der Waals surface area (Å²) in [4.78, 5) is 18.1. The number of hydrogen-bond donors (Lipinski definition) is 1. The van der Waals surface area contributed by atoms with Crippen LogP contribution in [0, 0.1) is 0 Å². The molecule has 0 bridgehead atoms. The lowest BCUT2D eigenvalue weighted by Crippen LogP contribution is -2.03. The van der Waals surface area contributed by atoms with E-state index in [9.17, 15) is 4.79 Å². The largest absolute Gasteiger partial charge is 0.464 e. The monoisotopic (exact) mass is 163 g/mol. The Bertz CT molecular complexity index is 402. The Hall–Kier alpha value is -1.91. The minimum absolute atomic E-state index is 0.632. The van der Waals surface area contributed by atoms with Gasteiger partial charge < -0.3 is 5.11 Å². The summed E-state index contributed by atoms with van der Waals surface area (Å²) in [5, 5.41) is 9.32. The number of carboxylic acid groups (broad SMARTS) is 1. The van der Waals surface area contributed by atoms with Crippen LogP contribution in [-0.4, -0.2) is 25.7 Å². The van der Waals surface area contributed by atoms with E-state index in [4.69, 9.17) is 5.11 Å². The Morgan fingerprint density at radius 2 is 2.33 bits per heavy atom. The standard InChI is InChI=1S/C7H5N3O2/c11-7(12)10-2-5-1-8-4-9-6(5)3-10/h1-4H,(H,11,12). The number of fused-ring (bicyclic) bond motifs is 1. The second-order valence-electron chi connectivity index (χ2n) is 2.31. The molecule has 0 amide bonds. The molecule has 5 heteroatoms. The van der Waals surface area contributed by atoms with E-state index in [2.05, 4.69) is 9.97 Å². The first-order valence-corrected chi connectivity index (χ1v) is 3.28. The Morgan fingerprint density at radius 1 is 1.50 bits per heavy atom. The smallest absolute Gasteiger partial charge is 0.415 e. The summed E-state index contributed by atoms with van der Waals surface area (Å²) in [6, 6.07) is 0. The molecule has 1 N–H and O–H groups in total. The third-order valence-electron chi connectivity index (χ3n) is 1.53. The molecule has 2 rings (SSSR count). The van der Waals surface area contributed by atoms with Crippen LogP contribution in [0.25, 0.3) is 10.9 Å². The van der Waals surface area contributed by atoms with Crippen molar-refractivity contribution in [2.75, 3.05) is 0 Å². The molecule has 2 heterocycles. The SMILES string of the molecule is O=C(O)n1cc2cncnc2c1. The molecule has 0 unspecified atom stereocenters. The van der Waals surface area contributed by atoms with E-state index in [0.717, 1.165) is 9.95 Å². The van der Waals surface area contributed by atoms with Crippen LogP contribution in [0.2, 0.25) is 0 Å². The van der Waals surface area contributed by atoms with Crippen molar-refractivity contribution < 1.29 is 9.90 Å². The summed E-state index contributed by atoms with van der Waals surface area (Å²) in [6.45, 7) is 0. The van der Waals surface area contributed by atoms with Gasteiger partial charge in [0.05, 0.1) is 5.52 Å². The van der Waals surface area contributed by atoms with E-state index in [0.29, 0.717) is 5.52 Å². The van der Waals surface area contributed by atoms with Gasteiger partial charge in [-0.15, -0.1) is 0 Å². The van der Waals surface area contributed by atoms with Crippen LogP contribution >= 0.6 is 0 Å². The highest BCUT2D eigenvalue weighted by Gasteiger charge is 2.03. The van der Waals surface area contributed by atoms with E-state index in [-0.39, 0.29) is 0 Å². The molecule has 0 aliphatic carbocycles. The first-order chi connectivity index (χ1) is 5.77. The molecule has 2 aromatic rings. The maximum Gasteiger partial charge on any atom is 0.415 e. The zero-order valence-electron chi connectivity index (χ0n) is 6.01. The predicted octanol–water partition coefficient (Wildman–Crippen LogP) is 0.957. The Balaban J connectivity index is 2.70. The molecule has 12 heavy (non-hydrogen) atoms. The van der Waals surface area contributed by atoms with Crippen molar-refractivity contribution in [2.24, 2.45) is 0 Å². The molecule has 0 radical (unpaired) electrons. The highest BCUT2D eigenvalue weighted by atomic mass is 16.4. The molecule has 5 nitrogen and oxygen atoms in total. The highest BCUT2D eigenvalue weighted by Crippen LogP contribution is 2.09. The van der Waals surface area contributed by atoms with Gasteiger partial charge in [-0.1, -0.05) is 0 Å². The van der Waals surface area contributed by atoms with Gasteiger partial charge in [0.25, 0.3) is 0 Å². The first-order valence-electron chi connectivity index (χ1n) is 3.28. The zero-order chi connectivity index (χ0) is 8.55. The molecular formula is C7H5N3O2. The summed E-state index contributed by atoms with van der Waals surface area (Å²) in [6.07, 6.45) is 4.85. The number of rotatable bonds is 0. The molecule has 0 aliphatic rings. The Morgan fingerprint density at radius 3 is 3.00 bits per heavy atom. The lowest BCUT2D eigenvalue weighted by Gasteiger charge is -1.87. The minimum atomic E-state index is -1.02. The van der Waals surface area contributed by atoms with E-state index >= 15 is 0 Å². The highest BCUT2D eigenvalue weighted by molar-refractivity contribution is 5.82. The average Bonchev–Trinajstić information content (AvgIpc) is 2.46. The molecular weight excluding hydrogens is 158 g/mol. The van der Waals surface area contributed by atoms with Gasteiger partial charge in [-0.05, 0) is 0 Å². The van der Waals surface area contributed by atoms with Crippen LogP contribution < -0.4 is 0 Å². The lowest BCUT2D eigenvalue weighted by atomic mass is 10.4. The van der Waals surface area contributed by atoms with Crippen molar-refractivity contribution in [1.29, 1.82) is 0 Å². The molecule has 0 aromatic carbocycles. The fourth-order valence-electron chi connectivity index (χ4n) is 0.986. The van der Waals surface area contributed by atoms with Crippen LogP contribution in [0.15, 0.2) is 24.9 Å². The summed E-state index contributed by atoms with van der Waals surface area (Å²) in [5.41, 5.74) is 0.632. The van der Waals surface area contributed by atoms with Gasteiger partial charge >= 0.3 is 6.09 Å². The fourth-order valence-corrected chi connectivity index (χ4v) is 0.986. The topological polar surface area (TPSA) is 68.0 Å². The maximum absolute atomic E-state index is 10.5. The van der Waals surface area contributed by atoms with E-state index in [1.165, 1.54) is 18.7 Å². The van der Waals surface area contributed by atoms with Crippen LogP contribution in [0.3, 0.4) is 0 Å². The van der Waals surface area contributed by atoms with Gasteiger partial charge in [-0.2, -0.15) is 0 Å². The van der Waals surface area contributed by atoms with Gasteiger partial charge in [-0.3, -0.25) is 4.57 Å². The molecule has 0 saturated carbocycles. The quantitative estimate of drug-likeness (QED) is 0.628. The molecule has 2 aromatic heterocycles. The second-order valence-corrected chi connectivity index (χ2v) is 2.31. The minimum Gasteiger partial charge on any atom is -0.464 e. The lowest BCUT2D eigenvalue weighted by molar-refractivity contribution is 0.196. The summed E-state index contributed by atoms with van der Waals surface area (Å²) >= 11 is 0. The Labute approximate surface area is 67.3 Å². The zero-order valence-corrected chi connectivity index (χ0v) is 6.01. The molecule has 60 valence electrons. The number of hydrogen-bond acceptors (Lipinski definition) is 3. The van der Waals surface area contributed by atoms with Gasteiger partial charge in [-0.25, -0.2) is 14.8 Å². The number of nitrogens with zero attached hydrogens (tertiary/aromatic N) is 3. The van der Waals surface area contributed by atoms with E-state index in [1.54, 1.807) is 6.20 Å². The third kappa shape index (κ3) is 0.914. The molecule has 0 fully saturated rings. The number of carbonyl (C=O) groups is 1. The normalized spacial score (nSPS) is 10.3. The number of aromatic nitrogens is 3. The Kier molecular flexibility index (Phi) is 1.30. The van der Waals surface area contributed by atoms with Crippen molar-refractivity contribution >= 4 is 17.0 Å². The third-order valence-corrected chi connectivity index (χ3v) is 1.53. The van der Waals surface area contributed by atoms with Crippen LogP contribution in [-0.2, 0) is 0 Å². The molecule has 0 spiro atoms. The second kappa shape index (κ2) is 2.30. The van der Waals surface area contributed by atoms with Crippen molar-refractivity contribution in [1.82, 2.24) is 14.5 Å². The summed E-state index contributed by atoms with van der Waals surface area (Å²) < 4.78 is 1.05. The molecule has 0 atom stereocenters. The van der Waals surface area contributed by atoms with E-state index in [1.807, 2.05) is 0 Å². The molecule has 0 aliphatic heterocycles. The molecule has 0 saturated heterocycles. The summed E-state index contributed by atoms with van der Waals surface area (Å²) in [7, 11) is 0. The van der Waals surface area contributed by atoms with E-state index < -0.39 is 6.09 Å².